The Labute approximate surface area is 145 Å². The average Bonchev–Trinajstić information content (AvgIpc) is 2.53. The van der Waals surface area contributed by atoms with Crippen molar-refractivity contribution in [1.82, 2.24) is 10.6 Å². The summed E-state index contributed by atoms with van der Waals surface area (Å²) in [5.41, 5.74) is 0. The highest BCUT2D eigenvalue weighted by molar-refractivity contribution is 5.79. The van der Waals surface area contributed by atoms with Gasteiger partial charge in [0, 0.05) is 25.9 Å². The van der Waals surface area contributed by atoms with Gasteiger partial charge in [-0.2, -0.15) is 0 Å². The largest absolute Gasteiger partial charge is 0.481 e. The molecule has 0 aliphatic rings. The minimum Gasteiger partial charge on any atom is -0.481 e. The molecule has 0 heterocycles. The van der Waals surface area contributed by atoms with Gasteiger partial charge in [-0.3, -0.25) is 14.4 Å². The number of aliphatic carboxylic acids is 1. The van der Waals surface area contributed by atoms with Gasteiger partial charge >= 0.3 is 5.97 Å². The lowest BCUT2D eigenvalue weighted by molar-refractivity contribution is -0.137. The fourth-order valence-electron chi connectivity index (χ4n) is 2.40. The van der Waals surface area contributed by atoms with E-state index in [9.17, 15) is 14.4 Å². The van der Waals surface area contributed by atoms with Crippen LogP contribution in [0.5, 0.6) is 0 Å². The smallest absolute Gasteiger partial charge is 0.305 e. The number of carbonyl (C=O) groups is 3. The molecule has 0 aromatic heterocycles. The highest BCUT2D eigenvalue weighted by atomic mass is 16.4. The second-order valence-electron chi connectivity index (χ2n) is 6.17. The Balaban J connectivity index is 3.34. The number of carboxylic acid groups (broad SMARTS) is 1. The van der Waals surface area contributed by atoms with Crippen molar-refractivity contribution in [2.24, 2.45) is 0 Å². The van der Waals surface area contributed by atoms with Gasteiger partial charge in [0.05, 0.1) is 6.42 Å². The van der Waals surface area contributed by atoms with Crippen molar-refractivity contribution in [3.8, 4) is 0 Å². The van der Waals surface area contributed by atoms with E-state index >= 15 is 0 Å². The summed E-state index contributed by atoms with van der Waals surface area (Å²) in [6.07, 6.45) is 11.6. The van der Waals surface area contributed by atoms with E-state index in [-0.39, 0.29) is 31.2 Å². The highest BCUT2D eigenvalue weighted by Crippen LogP contribution is 2.10. The molecular formula is C18H34N2O4. The maximum Gasteiger partial charge on any atom is 0.305 e. The van der Waals surface area contributed by atoms with Crippen LogP contribution in [0.1, 0.15) is 84.0 Å². The Morgan fingerprint density at radius 1 is 0.667 bits per heavy atom. The van der Waals surface area contributed by atoms with Gasteiger partial charge in [-0.15, -0.1) is 0 Å². The van der Waals surface area contributed by atoms with Gasteiger partial charge in [-0.05, 0) is 6.42 Å². The first-order valence-corrected chi connectivity index (χ1v) is 9.31. The lowest BCUT2D eigenvalue weighted by atomic mass is 10.1. The zero-order chi connectivity index (χ0) is 18.0. The molecule has 0 aliphatic carbocycles. The van der Waals surface area contributed by atoms with E-state index < -0.39 is 5.97 Å². The van der Waals surface area contributed by atoms with E-state index in [0.717, 1.165) is 12.8 Å². The summed E-state index contributed by atoms with van der Waals surface area (Å²) in [5.74, 6) is -1.19. The molecule has 0 rings (SSSR count). The molecule has 0 bridgehead atoms. The minimum absolute atomic E-state index is 0.0173. The summed E-state index contributed by atoms with van der Waals surface area (Å²) < 4.78 is 0. The number of nitrogens with one attached hydrogen (secondary N) is 2. The quantitative estimate of drug-likeness (QED) is 0.376. The van der Waals surface area contributed by atoms with E-state index in [1.165, 1.54) is 44.9 Å². The molecule has 24 heavy (non-hydrogen) atoms. The molecule has 0 aromatic rings. The van der Waals surface area contributed by atoms with E-state index in [1.807, 2.05) is 0 Å². The van der Waals surface area contributed by atoms with Crippen LogP contribution in [0.15, 0.2) is 0 Å². The Kier molecular flexibility index (Phi) is 15.2. The van der Waals surface area contributed by atoms with Crippen LogP contribution in [0, 0.1) is 0 Å². The normalized spacial score (nSPS) is 10.4. The van der Waals surface area contributed by atoms with Crippen molar-refractivity contribution in [2.45, 2.75) is 84.0 Å². The summed E-state index contributed by atoms with van der Waals surface area (Å²) in [6, 6.07) is 0. The number of unbranched alkanes of at least 4 members (excludes halogenated alkanes) is 8. The molecule has 0 atom stereocenters. The Bertz CT molecular complexity index is 359. The van der Waals surface area contributed by atoms with Crippen LogP contribution in [0.2, 0.25) is 0 Å². The fourth-order valence-corrected chi connectivity index (χ4v) is 2.40. The molecule has 0 saturated carbocycles. The molecule has 0 unspecified atom stereocenters. The lowest BCUT2D eigenvalue weighted by Gasteiger charge is -2.06. The van der Waals surface area contributed by atoms with Crippen LogP contribution in [-0.4, -0.2) is 36.0 Å². The summed E-state index contributed by atoms with van der Waals surface area (Å²) >= 11 is 0. The molecule has 0 fully saturated rings. The molecule has 6 heteroatoms. The van der Waals surface area contributed by atoms with Crippen molar-refractivity contribution in [1.29, 1.82) is 0 Å². The average molecular weight is 342 g/mol. The predicted octanol–water partition coefficient (Wildman–Crippen LogP) is 3.00. The van der Waals surface area contributed by atoms with Gasteiger partial charge in [0.25, 0.3) is 0 Å². The van der Waals surface area contributed by atoms with Gasteiger partial charge in [0.1, 0.15) is 0 Å². The summed E-state index contributed by atoms with van der Waals surface area (Å²) in [6.45, 7) is 2.65. The summed E-state index contributed by atoms with van der Waals surface area (Å²) in [5, 5.41) is 13.7. The highest BCUT2D eigenvalue weighted by Gasteiger charge is 2.05. The van der Waals surface area contributed by atoms with E-state index in [2.05, 4.69) is 17.6 Å². The SMILES string of the molecule is CCCCCCCCCCCC(=O)NCCC(=O)NCCC(=O)O. The maximum absolute atomic E-state index is 11.6. The number of hydrogen-bond acceptors (Lipinski definition) is 3. The van der Waals surface area contributed by atoms with Crippen molar-refractivity contribution in [3.05, 3.63) is 0 Å². The Morgan fingerprint density at radius 3 is 1.67 bits per heavy atom. The van der Waals surface area contributed by atoms with E-state index in [1.54, 1.807) is 0 Å². The first-order chi connectivity index (χ1) is 11.6. The van der Waals surface area contributed by atoms with Crippen molar-refractivity contribution >= 4 is 17.8 Å². The third-order valence-electron chi connectivity index (χ3n) is 3.84. The van der Waals surface area contributed by atoms with Gasteiger partial charge < -0.3 is 15.7 Å². The summed E-state index contributed by atoms with van der Waals surface area (Å²) in [4.78, 5) is 33.3. The third kappa shape index (κ3) is 16.8. The van der Waals surface area contributed by atoms with Crippen LogP contribution in [-0.2, 0) is 14.4 Å². The second kappa shape index (κ2) is 16.3. The molecule has 0 saturated heterocycles. The van der Waals surface area contributed by atoms with Gasteiger partial charge in [0.15, 0.2) is 0 Å². The number of carbonyl (C=O) groups excluding carboxylic acids is 2. The fraction of sp³-hybridized carbons (Fsp3) is 0.833. The maximum atomic E-state index is 11.6. The molecule has 0 aliphatic heterocycles. The lowest BCUT2D eigenvalue weighted by Crippen LogP contribution is -2.31. The molecule has 0 radical (unpaired) electrons. The second-order valence-corrected chi connectivity index (χ2v) is 6.17. The van der Waals surface area contributed by atoms with Gasteiger partial charge in [-0.1, -0.05) is 58.3 Å². The molecule has 2 amide bonds. The molecule has 0 spiro atoms. The number of carboxylic acids is 1. The molecular weight excluding hydrogens is 308 g/mol. The zero-order valence-electron chi connectivity index (χ0n) is 15.1. The molecule has 6 nitrogen and oxygen atoms in total. The monoisotopic (exact) mass is 342 g/mol. The van der Waals surface area contributed by atoms with Crippen LogP contribution < -0.4 is 10.6 Å². The van der Waals surface area contributed by atoms with E-state index in [4.69, 9.17) is 5.11 Å². The predicted molar refractivity (Wildman–Crippen MR) is 94.7 cm³/mol. The zero-order valence-corrected chi connectivity index (χ0v) is 15.1. The summed E-state index contributed by atoms with van der Waals surface area (Å²) in [7, 11) is 0. The van der Waals surface area contributed by atoms with Gasteiger partial charge in [0.2, 0.25) is 11.8 Å². The first-order valence-electron chi connectivity index (χ1n) is 9.31. The van der Waals surface area contributed by atoms with Crippen LogP contribution in [0.4, 0.5) is 0 Å². The number of hydrogen-bond donors (Lipinski definition) is 3. The minimum atomic E-state index is -0.940. The molecule has 140 valence electrons. The van der Waals surface area contributed by atoms with Gasteiger partial charge in [-0.25, -0.2) is 0 Å². The van der Waals surface area contributed by atoms with Crippen molar-refractivity contribution in [3.63, 3.8) is 0 Å². The first kappa shape index (κ1) is 22.4. The Morgan fingerprint density at radius 2 is 1.12 bits per heavy atom. The Hall–Kier alpha value is -1.59. The van der Waals surface area contributed by atoms with Crippen molar-refractivity contribution in [2.75, 3.05) is 13.1 Å². The van der Waals surface area contributed by atoms with Crippen LogP contribution in [0.3, 0.4) is 0 Å². The van der Waals surface area contributed by atoms with Crippen molar-refractivity contribution < 1.29 is 19.5 Å². The number of amides is 2. The van der Waals surface area contributed by atoms with Crippen LogP contribution >= 0.6 is 0 Å². The van der Waals surface area contributed by atoms with E-state index in [0.29, 0.717) is 13.0 Å². The topological polar surface area (TPSA) is 95.5 Å². The standard InChI is InChI=1S/C18H34N2O4/c1-2-3-4-5-6-7-8-9-10-11-16(21)19-14-12-17(22)20-15-13-18(23)24/h2-15H2,1H3,(H,19,21)(H,20,22)(H,23,24). The number of rotatable bonds is 16. The molecule has 3 N–H and O–H groups in total. The van der Waals surface area contributed by atoms with Crippen LogP contribution in [0.25, 0.3) is 0 Å². The molecule has 0 aromatic carbocycles. The third-order valence-corrected chi connectivity index (χ3v) is 3.84.